The summed E-state index contributed by atoms with van der Waals surface area (Å²) >= 11 is 2.84. The molecular weight excluding hydrogens is 536 g/mol. The summed E-state index contributed by atoms with van der Waals surface area (Å²) in [7, 11) is 0. The molecule has 33 heavy (non-hydrogen) atoms. The van der Waals surface area contributed by atoms with Crippen LogP contribution in [-0.4, -0.2) is 24.8 Å². The number of hydrogen-bond acceptors (Lipinski definition) is 2. The third kappa shape index (κ3) is 4.59. The molecule has 1 N–H and O–H groups in total. The number of aliphatic hydroxyl groups excluding tert-OH is 1. The zero-order chi connectivity index (χ0) is 23.2. The maximum atomic E-state index is 9.41. The van der Waals surface area contributed by atoms with Crippen molar-refractivity contribution in [2.24, 2.45) is 0 Å². The van der Waals surface area contributed by atoms with Crippen molar-refractivity contribution in [1.29, 1.82) is 0 Å². The van der Waals surface area contributed by atoms with Crippen LogP contribution in [0.4, 0.5) is 5.69 Å². The van der Waals surface area contributed by atoms with Crippen LogP contribution in [0.15, 0.2) is 115 Å². The maximum absolute atomic E-state index is 9.41. The predicted molar refractivity (Wildman–Crippen MR) is 154 cm³/mol. The molecule has 0 bridgehead atoms. The van der Waals surface area contributed by atoms with Gasteiger partial charge in [-0.1, -0.05) is 0 Å². The number of likely N-dealkylation sites (N-methyl/N-ethyl adjacent to an activating group) is 1. The van der Waals surface area contributed by atoms with Gasteiger partial charge >= 0.3 is 212 Å². The van der Waals surface area contributed by atoms with Crippen LogP contribution in [-0.2, 0) is 6.16 Å². The van der Waals surface area contributed by atoms with Gasteiger partial charge in [-0.2, -0.15) is 0 Å². The summed E-state index contributed by atoms with van der Waals surface area (Å²) in [5.41, 5.74) is 2.48. The van der Waals surface area contributed by atoms with Crippen LogP contribution in [0.25, 0.3) is 0 Å². The first-order valence-electron chi connectivity index (χ1n) is 11.4. The van der Waals surface area contributed by atoms with Crippen molar-refractivity contribution in [3.05, 3.63) is 121 Å². The fourth-order valence-corrected chi connectivity index (χ4v) is 13.5. The number of anilines is 1. The van der Waals surface area contributed by atoms with E-state index >= 15 is 0 Å². The van der Waals surface area contributed by atoms with Gasteiger partial charge in [0.1, 0.15) is 0 Å². The van der Waals surface area contributed by atoms with Crippen LogP contribution in [0.1, 0.15) is 12.5 Å². The van der Waals surface area contributed by atoms with Crippen LogP contribution < -0.4 is 20.8 Å². The Balaban J connectivity index is 1.91. The number of aliphatic hydroxyl groups is 1. The molecule has 0 unspecified atom stereocenters. The van der Waals surface area contributed by atoms with E-state index in [-0.39, 0.29) is 6.61 Å². The van der Waals surface area contributed by atoms with Gasteiger partial charge in [-0.25, -0.2) is 0 Å². The molecule has 0 aromatic heterocycles. The summed E-state index contributed by atoms with van der Waals surface area (Å²) < 4.78 is -2.83. The Morgan fingerprint density at radius 2 is 1.09 bits per heavy atom. The fourth-order valence-electron chi connectivity index (χ4n) is 4.68. The number of nitrogens with zero attached hydrogens (tertiary/aromatic N) is 1. The zero-order valence-corrected chi connectivity index (χ0v) is 22.1. The second-order valence-corrected chi connectivity index (χ2v) is 18.9. The SMILES string of the molecule is CCN(CCO)c1ccc(CP(I)(c2ccccc2)(c2ccccc2)c2ccccc2)cc1. The summed E-state index contributed by atoms with van der Waals surface area (Å²) in [4.78, 5) is 2.21. The van der Waals surface area contributed by atoms with Gasteiger partial charge in [-0.05, 0) is 0 Å². The number of halogens is 1. The quantitative estimate of drug-likeness (QED) is 0.202. The van der Waals surface area contributed by atoms with Crippen LogP contribution in [0.3, 0.4) is 0 Å². The number of benzene rings is 4. The first-order valence-corrected chi connectivity index (χ1v) is 16.6. The molecule has 4 rings (SSSR count). The molecule has 2 nitrogen and oxygen atoms in total. The first kappa shape index (κ1) is 23.9. The van der Waals surface area contributed by atoms with Gasteiger partial charge < -0.3 is 0 Å². The van der Waals surface area contributed by atoms with E-state index in [2.05, 4.69) is 149 Å². The Hall–Kier alpha value is -2.20. The van der Waals surface area contributed by atoms with Crippen molar-refractivity contribution in [2.75, 3.05) is 24.6 Å². The normalized spacial score (nSPS) is 12.6. The molecule has 0 heterocycles. The molecule has 0 fully saturated rings. The summed E-state index contributed by atoms with van der Waals surface area (Å²) in [6, 6.07) is 42.1. The summed E-state index contributed by atoms with van der Waals surface area (Å²) in [6.07, 6.45) is 0.941. The molecule has 0 saturated carbocycles. The summed E-state index contributed by atoms with van der Waals surface area (Å²) in [6.45, 7) is 3.82. The second-order valence-electron chi connectivity index (χ2n) is 8.32. The fraction of sp³-hybridized carbons (Fsp3) is 0.172. The molecule has 170 valence electrons. The van der Waals surface area contributed by atoms with Crippen LogP contribution in [0.5, 0.6) is 0 Å². The molecule has 0 aliphatic rings. The van der Waals surface area contributed by atoms with Crippen molar-refractivity contribution in [3.8, 4) is 0 Å². The minimum atomic E-state index is -2.83. The molecular formula is C29H31INOP. The van der Waals surface area contributed by atoms with Gasteiger partial charge in [-0.15, -0.1) is 0 Å². The van der Waals surface area contributed by atoms with E-state index in [0.29, 0.717) is 6.54 Å². The van der Waals surface area contributed by atoms with E-state index in [1.807, 2.05) is 0 Å². The van der Waals surface area contributed by atoms with E-state index in [1.54, 1.807) is 0 Å². The van der Waals surface area contributed by atoms with E-state index in [9.17, 15) is 5.11 Å². The third-order valence-corrected chi connectivity index (χ3v) is 17.5. The zero-order valence-electron chi connectivity index (χ0n) is 19.0. The average molecular weight is 567 g/mol. The molecule has 0 spiro atoms. The van der Waals surface area contributed by atoms with Gasteiger partial charge in [0.2, 0.25) is 0 Å². The molecule has 0 saturated heterocycles. The first-order chi connectivity index (χ1) is 16.1. The van der Waals surface area contributed by atoms with Crippen molar-refractivity contribution < 1.29 is 5.11 Å². The average Bonchev–Trinajstić information content (AvgIpc) is 2.89. The van der Waals surface area contributed by atoms with Crippen LogP contribution in [0.2, 0.25) is 0 Å². The molecule has 0 aliphatic heterocycles. The van der Waals surface area contributed by atoms with E-state index in [4.69, 9.17) is 0 Å². The monoisotopic (exact) mass is 567 g/mol. The number of hydrogen-bond donors (Lipinski definition) is 1. The van der Waals surface area contributed by atoms with Gasteiger partial charge in [-0.3, -0.25) is 0 Å². The standard InChI is InChI=1S/C29H31INOP/c1-2-31(22-23-32)26-20-18-25(19-21-26)24-33(30,27-12-6-3-7-13-27,28-14-8-4-9-15-28)29-16-10-5-11-17-29/h3-21,32H,2,22-24H2,1H3. The molecule has 0 aliphatic carbocycles. The summed E-state index contributed by atoms with van der Waals surface area (Å²) in [5, 5.41) is 13.6. The molecule has 4 aromatic carbocycles. The van der Waals surface area contributed by atoms with E-state index < -0.39 is 4.25 Å². The Bertz CT molecular complexity index is 1050. The Morgan fingerprint density at radius 3 is 1.45 bits per heavy atom. The molecule has 4 aromatic rings. The van der Waals surface area contributed by atoms with Crippen molar-refractivity contribution in [1.82, 2.24) is 0 Å². The summed E-state index contributed by atoms with van der Waals surface area (Å²) in [5.74, 6) is 0. The Kier molecular flexibility index (Phi) is 7.53. The van der Waals surface area contributed by atoms with E-state index in [0.717, 1.165) is 18.4 Å². The third-order valence-electron chi connectivity index (χ3n) is 6.42. The van der Waals surface area contributed by atoms with Crippen molar-refractivity contribution in [3.63, 3.8) is 0 Å². The second kappa shape index (κ2) is 10.4. The van der Waals surface area contributed by atoms with Crippen molar-refractivity contribution in [2.45, 2.75) is 13.1 Å². The molecule has 0 radical (unpaired) electrons. The Labute approximate surface area is 210 Å². The topological polar surface area (TPSA) is 23.5 Å². The predicted octanol–water partition coefficient (Wildman–Crippen LogP) is 5.89. The van der Waals surface area contributed by atoms with Gasteiger partial charge in [0.25, 0.3) is 0 Å². The van der Waals surface area contributed by atoms with Crippen molar-refractivity contribution >= 4 is 47.9 Å². The molecule has 0 amide bonds. The van der Waals surface area contributed by atoms with Gasteiger partial charge in [0.15, 0.2) is 0 Å². The molecule has 0 atom stereocenters. The van der Waals surface area contributed by atoms with Gasteiger partial charge in [0, 0.05) is 0 Å². The number of rotatable bonds is 9. The van der Waals surface area contributed by atoms with Crippen LogP contribution >= 0.6 is 26.3 Å². The van der Waals surface area contributed by atoms with E-state index in [1.165, 1.54) is 21.5 Å². The minimum absolute atomic E-state index is 0.163. The molecule has 4 heteroatoms. The van der Waals surface area contributed by atoms with Crippen LogP contribution in [0, 0.1) is 0 Å². The Morgan fingerprint density at radius 1 is 0.667 bits per heavy atom. The van der Waals surface area contributed by atoms with Gasteiger partial charge in [0.05, 0.1) is 0 Å².